The summed E-state index contributed by atoms with van der Waals surface area (Å²) in [6, 6.07) is 18.8. The zero-order valence-electron chi connectivity index (χ0n) is 19.2. The Morgan fingerprint density at radius 1 is 1.00 bits per heavy atom. The average molecular weight is 445 g/mol. The van der Waals surface area contributed by atoms with Gasteiger partial charge in [-0.2, -0.15) is 9.78 Å². The Balaban J connectivity index is 1.59. The van der Waals surface area contributed by atoms with Crippen molar-refractivity contribution in [2.24, 2.45) is 0 Å². The Kier molecular flexibility index (Phi) is 6.88. The molecule has 1 N–H and O–H groups in total. The van der Waals surface area contributed by atoms with E-state index in [1.54, 1.807) is 22.9 Å². The molecule has 0 aliphatic carbocycles. The van der Waals surface area contributed by atoms with E-state index >= 15 is 0 Å². The molecule has 0 aliphatic rings. The van der Waals surface area contributed by atoms with Crippen LogP contribution in [0.2, 0.25) is 0 Å². The van der Waals surface area contributed by atoms with Crippen LogP contribution in [0, 0.1) is 6.92 Å². The Bertz CT molecular complexity index is 1270. The number of hydrogen-bond donors (Lipinski definition) is 1. The zero-order chi connectivity index (χ0) is 23.2. The number of ether oxygens (including phenoxy) is 2. The third kappa shape index (κ3) is 5.14. The van der Waals surface area contributed by atoms with Gasteiger partial charge in [0.05, 0.1) is 24.4 Å². The molecule has 0 saturated heterocycles. The highest BCUT2D eigenvalue weighted by Crippen LogP contribution is 2.29. The van der Waals surface area contributed by atoms with Crippen molar-refractivity contribution in [3.63, 3.8) is 0 Å². The van der Waals surface area contributed by atoms with Gasteiger partial charge < -0.3 is 14.8 Å². The van der Waals surface area contributed by atoms with Crippen LogP contribution in [0.4, 0.5) is 5.82 Å². The van der Waals surface area contributed by atoms with Gasteiger partial charge in [-0.05, 0) is 56.7 Å². The third-order valence-corrected chi connectivity index (χ3v) is 5.14. The van der Waals surface area contributed by atoms with Crippen LogP contribution in [0.25, 0.3) is 16.7 Å². The quantitative estimate of drug-likeness (QED) is 0.342. The fraction of sp³-hybridized carbons (Fsp3) is 0.269. The number of para-hydroxylation sites is 1. The number of nitrogens with zero attached hydrogens (tertiary/aromatic N) is 3. The van der Waals surface area contributed by atoms with Crippen molar-refractivity contribution in [2.45, 2.75) is 33.6 Å². The number of unbranched alkanes of at least 4 members (excludes halogenated alkanes) is 1. The van der Waals surface area contributed by atoms with Gasteiger partial charge in [-0.15, -0.1) is 0 Å². The van der Waals surface area contributed by atoms with Crippen LogP contribution in [0.5, 0.6) is 11.5 Å². The number of pyridine rings is 1. The smallest absolute Gasteiger partial charge is 0.256 e. The molecule has 2 heterocycles. The van der Waals surface area contributed by atoms with Gasteiger partial charge in [0.1, 0.15) is 5.82 Å². The second-order valence-electron chi connectivity index (χ2n) is 7.70. The van der Waals surface area contributed by atoms with Crippen LogP contribution >= 0.6 is 0 Å². The van der Waals surface area contributed by atoms with Crippen LogP contribution in [-0.2, 0) is 0 Å². The minimum Gasteiger partial charge on any atom is -0.490 e. The van der Waals surface area contributed by atoms with E-state index in [0.29, 0.717) is 41.9 Å². The van der Waals surface area contributed by atoms with Crippen molar-refractivity contribution >= 4 is 22.6 Å². The third-order valence-electron chi connectivity index (χ3n) is 5.14. The first-order valence-electron chi connectivity index (χ1n) is 11.2. The molecule has 0 atom stereocenters. The van der Waals surface area contributed by atoms with E-state index in [-0.39, 0.29) is 5.91 Å². The second kappa shape index (κ2) is 10.2. The summed E-state index contributed by atoms with van der Waals surface area (Å²) in [5, 5.41) is 8.53. The monoisotopic (exact) mass is 444 g/mol. The van der Waals surface area contributed by atoms with Crippen LogP contribution in [0.15, 0.2) is 60.7 Å². The summed E-state index contributed by atoms with van der Waals surface area (Å²) in [4.78, 5) is 17.8. The van der Waals surface area contributed by atoms with E-state index in [9.17, 15) is 4.79 Å². The number of carbonyl (C=O) groups excluding carboxylic acids is 1. The van der Waals surface area contributed by atoms with Gasteiger partial charge in [0.15, 0.2) is 17.3 Å². The maximum atomic E-state index is 13.1. The first-order valence-corrected chi connectivity index (χ1v) is 11.2. The van der Waals surface area contributed by atoms with Crippen LogP contribution < -0.4 is 14.8 Å². The van der Waals surface area contributed by atoms with Crippen molar-refractivity contribution in [1.29, 1.82) is 0 Å². The number of aryl methyl sites for hydroxylation is 1. The first-order chi connectivity index (χ1) is 16.1. The number of carbonyl (C=O) groups is 1. The molecule has 2 aromatic heterocycles. The van der Waals surface area contributed by atoms with E-state index in [1.807, 2.05) is 56.3 Å². The lowest BCUT2D eigenvalue weighted by atomic mass is 10.2. The molecule has 2 aromatic carbocycles. The molecule has 0 bridgehead atoms. The van der Waals surface area contributed by atoms with Gasteiger partial charge in [0.25, 0.3) is 5.91 Å². The molecule has 4 aromatic rings. The molecule has 7 heteroatoms. The van der Waals surface area contributed by atoms with Crippen molar-refractivity contribution in [3.8, 4) is 17.3 Å². The number of aromatic nitrogens is 3. The first kappa shape index (κ1) is 22.3. The summed E-state index contributed by atoms with van der Waals surface area (Å²) in [6.45, 7) is 6.98. The molecule has 0 aliphatic heterocycles. The molecular formula is C26H28N4O3. The SMILES string of the molecule is CCCCOc1ccc(C(=O)Nc2cc(C)nn2-c2ccc3ccccc3n2)cc1OCC. The topological polar surface area (TPSA) is 78.3 Å². The van der Waals surface area contributed by atoms with Crippen LogP contribution in [0.3, 0.4) is 0 Å². The lowest BCUT2D eigenvalue weighted by molar-refractivity contribution is 0.102. The van der Waals surface area contributed by atoms with Crippen molar-refractivity contribution in [2.75, 3.05) is 18.5 Å². The molecule has 0 unspecified atom stereocenters. The van der Waals surface area contributed by atoms with Gasteiger partial charge >= 0.3 is 0 Å². The molecule has 0 fully saturated rings. The van der Waals surface area contributed by atoms with E-state index in [2.05, 4.69) is 17.3 Å². The fourth-order valence-corrected chi connectivity index (χ4v) is 3.49. The van der Waals surface area contributed by atoms with E-state index in [1.165, 1.54) is 0 Å². The molecule has 0 spiro atoms. The number of benzene rings is 2. The summed E-state index contributed by atoms with van der Waals surface area (Å²) in [5.74, 6) is 2.11. The second-order valence-corrected chi connectivity index (χ2v) is 7.70. The summed E-state index contributed by atoms with van der Waals surface area (Å²) >= 11 is 0. The number of fused-ring (bicyclic) bond motifs is 1. The lowest BCUT2D eigenvalue weighted by Gasteiger charge is -2.14. The highest BCUT2D eigenvalue weighted by Gasteiger charge is 2.16. The van der Waals surface area contributed by atoms with Crippen LogP contribution in [-0.4, -0.2) is 33.9 Å². The number of hydrogen-bond acceptors (Lipinski definition) is 5. The van der Waals surface area contributed by atoms with Crippen molar-refractivity contribution in [1.82, 2.24) is 14.8 Å². The Morgan fingerprint density at radius 2 is 1.85 bits per heavy atom. The molecule has 7 nitrogen and oxygen atoms in total. The summed E-state index contributed by atoms with van der Waals surface area (Å²) < 4.78 is 13.2. The van der Waals surface area contributed by atoms with Gasteiger partial charge in [-0.1, -0.05) is 31.5 Å². The standard InChI is InChI=1S/C26H28N4O3/c1-4-6-15-33-22-13-11-20(17-23(22)32-5-2)26(31)28-25-16-18(3)29-30(25)24-14-12-19-9-7-8-10-21(19)27-24/h7-14,16-17H,4-6,15H2,1-3H3,(H,28,31). The predicted molar refractivity (Wildman–Crippen MR) is 130 cm³/mol. The number of rotatable bonds is 9. The van der Waals surface area contributed by atoms with E-state index in [0.717, 1.165) is 29.4 Å². The molecule has 33 heavy (non-hydrogen) atoms. The van der Waals surface area contributed by atoms with E-state index < -0.39 is 0 Å². The minimum absolute atomic E-state index is 0.266. The molecule has 0 radical (unpaired) electrons. The van der Waals surface area contributed by atoms with Gasteiger partial charge in [-0.3, -0.25) is 4.79 Å². The Labute approximate surface area is 193 Å². The summed E-state index contributed by atoms with van der Waals surface area (Å²) in [6.07, 6.45) is 2.00. The zero-order valence-corrected chi connectivity index (χ0v) is 19.2. The Morgan fingerprint density at radius 3 is 2.67 bits per heavy atom. The maximum Gasteiger partial charge on any atom is 0.256 e. The highest BCUT2D eigenvalue weighted by atomic mass is 16.5. The molecule has 0 saturated carbocycles. The molecule has 170 valence electrons. The van der Waals surface area contributed by atoms with Crippen LogP contribution in [0.1, 0.15) is 42.7 Å². The van der Waals surface area contributed by atoms with Crippen molar-refractivity contribution < 1.29 is 14.3 Å². The van der Waals surface area contributed by atoms with E-state index in [4.69, 9.17) is 14.5 Å². The van der Waals surface area contributed by atoms with Crippen molar-refractivity contribution in [3.05, 3.63) is 71.9 Å². The molecule has 1 amide bonds. The average Bonchev–Trinajstić information content (AvgIpc) is 3.19. The fourth-order valence-electron chi connectivity index (χ4n) is 3.49. The lowest BCUT2D eigenvalue weighted by Crippen LogP contribution is -2.16. The summed E-state index contributed by atoms with van der Waals surface area (Å²) in [7, 11) is 0. The van der Waals surface area contributed by atoms with Gasteiger partial charge in [-0.25, -0.2) is 4.98 Å². The van der Waals surface area contributed by atoms with Gasteiger partial charge in [0.2, 0.25) is 0 Å². The Hall–Kier alpha value is -3.87. The number of nitrogens with one attached hydrogen (secondary N) is 1. The molecule has 4 rings (SSSR count). The highest BCUT2D eigenvalue weighted by molar-refractivity contribution is 6.04. The molecular weight excluding hydrogens is 416 g/mol. The number of amides is 1. The normalized spacial score (nSPS) is 10.9. The predicted octanol–water partition coefficient (Wildman–Crippen LogP) is 5.56. The largest absolute Gasteiger partial charge is 0.490 e. The maximum absolute atomic E-state index is 13.1. The summed E-state index contributed by atoms with van der Waals surface area (Å²) in [5.41, 5.74) is 2.11. The van der Waals surface area contributed by atoms with Gasteiger partial charge in [0, 0.05) is 17.0 Å². The number of anilines is 1. The minimum atomic E-state index is -0.266.